The molecule has 0 aliphatic heterocycles. The zero-order valence-corrected chi connectivity index (χ0v) is 11.8. The number of nitrogens with two attached hydrogens (primary N) is 1. The molecule has 0 saturated heterocycles. The van der Waals surface area contributed by atoms with Crippen LogP contribution in [0.2, 0.25) is 0 Å². The number of hydrogen-bond acceptors (Lipinski definition) is 3. The Hall–Kier alpha value is -1.46. The normalized spacial score (nSPS) is 13.2. The molecule has 1 atom stereocenters. The molecular weight excluding hydrogens is 247 g/mol. The summed E-state index contributed by atoms with van der Waals surface area (Å²) in [5.41, 5.74) is 5.83. The second kappa shape index (κ2) is 6.12. The fourth-order valence-electron chi connectivity index (χ4n) is 1.68. The van der Waals surface area contributed by atoms with Gasteiger partial charge in [-0.1, -0.05) is 24.3 Å². The lowest BCUT2D eigenvalue weighted by molar-refractivity contribution is -0.169. The highest BCUT2D eigenvalue weighted by molar-refractivity contribution is 5.75. The second-order valence-corrected chi connectivity index (χ2v) is 4.98. The van der Waals surface area contributed by atoms with Gasteiger partial charge in [0.1, 0.15) is 5.67 Å². The van der Waals surface area contributed by atoms with E-state index in [0.29, 0.717) is 5.56 Å². The standard InChI is InChI=1S/C14H21FN2O2/c1-14(2,15)11-7-5-6-10(8-11)12(16)9-13(18)17(3)19-4/h5-8,12H,9,16H2,1-4H3. The molecule has 0 fully saturated rings. The number of halogens is 1. The van der Waals surface area contributed by atoms with E-state index in [4.69, 9.17) is 10.6 Å². The van der Waals surface area contributed by atoms with Crippen LogP contribution in [0.3, 0.4) is 0 Å². The minimum atomic E-state index is -1.43. The summed E-state index contributed by atoms with van der Waals surface area (Å²) in [5, 5.41) is 1.13. The molecule has 0 heterocycles. The highest BCUT2D eigenvalue weighted by atomic mass is 19.1. The molecule has 0 radical (unpaired) electrons. The molecule has 0 bridgehead atoms. The summed E-state index contributed by atoms with van der Waals surface area (Å²) < 4.78 is 13.9. The lowest BCUT2D eigenvalue weighted by atomic mass is 9.95. The third kappa shape index (κ3) is 4.29. The van der Waals surface area contributed by atoms with Crippen molar-refractivity contribution in [2.24, 2.45) is 5.73 Å². The van der Waals surface area contributed by atoms with Crippen molar-refractivity contribution in [3.8, 4) is 0 Å². The fourth-order valence-corrected chi connectivity index (χ4v) is 1.68. The van der Waals surface area contributed by atoms with Crippen LogP contribution in [-0.4, -0.2) is 25.1 Å². The predicted molar refractivity (Wildman–Crippen MR) is 71.9 cm³/mol. The van der Waals surface area contributed by atoms with E-state index in [2.05, 4.69) is 0 Å². The highest BCUT2D eigenvalue weighted by Crippen LogP contribution is 2.27. The van der Waals surface area contributed by atoms with Crippen molar-refractivity contribution in [2.45, 2.75) is 32.0 Å². The van der Waals surface area contributed by atoms with Gasteiger partial charge in [0, 0.05) is 19.5 Å². The summed E-state index contributed by atoms with van der Waals surface area (Å²) in [6.45, 7) is 2.98. The number of hydroxylamine groups is 2. The van der Waals surface area contributed by atoms with Crippen molar-refractivity contribution in [1.82, 2.24) is 5.06 Å². The van der Waals surface area contributed by atoms with E-state index in [9.17, 15) is 9.18 Å². The number of hydrogen-bond donors (Lipinski definition) is 1. The van der Waals surface area contributed by atoms with Gasteiger partial charge in [-0.25, -0.2) is 9.45 Å². The maximum Gasteiger partial charge on any atom is 0.247 e. The van der Waals surface area contributed by atoms with E-state index in [1.807, 2.05) is 0 Å². The molecule has 0 spiro atoms. The van der Waals surface area contributed by atoms with E-state index < -0.39 is 11.7 Å². The first-order valence-corrected chi connectivity index (χ1v) is 6.11. The van der Waals surface area contributed by atoms with E-state index in [1.165, 1.54) is 28.0 Å². The zero-order chi connectivity index (χ0) is 14.6. The summed E-state index contributed by atoms with van der Waals surface area (Å²) in [6, 6.07) is 6.47. The molecule has 1 rings (SSSR count). The van der Waals surface area contributed by atoms with Crippen molar-refractivity contribution >= 4 is 5.91 Å². The molecule has 2 N–H and O–H groups in total. The molecule has 1 aromatic rings. The van der Waals surface area contributed by atoms with Crippen LogP contribution in [0.1, 0.15) is 37.4 Å². The van der Waals surface area contributed by atoms with Crippen LogP contribution in [0.5, 0.6) is 0 Å². The summed E-state index contributed by atoms with van der Waals surface area (Å²) in [6.07, 6.45) is 0.112. The Kier molecular flexibility index (Phi) is 5.03. The van der Waals surface area contributed by atoms with Gasteiger partial charge in [-0.2, -0.15) is 0 Å². The maximum atomic E-state index is 13.9. The second-order valence-electron chi connectivity index (χ2n) is 4.98. The van der Waals surface area contributed by atoms with Gasteiger partial charge in [0.15, 0.2) is 0 Å². The van der Waals surface area contributed by atoms with Crippen LogP contribution in [0.15, 0.2) is 24.3 Å². The van der Waals surface area contributed by atoms with Crippen LogP contribution in [0.4, 0.5) is 4.39 Å². The van der Waals surface area contributed by atoms with E-state index in [1.54, 1.807) is 24.3 Å². The maximum absolute atomic E-state index is 13.9. The van der Waals surface area contributed by atoms with Gasteiger partial charge in [0.2, 0.25) is 5.91 Å². The lowest BCUT2D eigenvalue weighted by Gasteiger charge is -2.20. The third-order valence-corrected chi connectivity index (χ3v) is 3.02. The van der Waals surface area contributed by atoms with Crippen molar-refractivity contribution in [3.05, 3.63) is 35.4 Å². The molecule has 0 aliphatic rings. The van der Waals surface area contributed by atoms with E-state index >= 15 is 0 Å². The molecule has 5 heteroatoms. The van der Waals surface area contributed by atoms with Crippen molar-refractivity contribution < 1.29 is 14.0 Å². The quantitative estimate of drug-likeness (QED) is 0.834. The Bertz CT molecular complexity index is 443. The number of carbonyl (C=O) groups is 1. The minimum Gasteiger partial charge on any atom is -0.324 e. The number of rotatable bonds is 5. The summed E-state index contributed by atoms with van der Waals surface area (Å²) in [5.74, 6) is -0.222. The van der Waals surface area contributed by atoms with Crippen LogP contribution in [0.25, 0.3) is 0 Å². The van der Waals surface area contributed by atoms with Crippen LogP contribution in [-0.2, 0) is 15.3 Å². The summed E-state index contributed by atoms with van der Waals surface area (Å²) in [7, 11) is 2.94. The van der Waals surface area contributed by atoms with Crippen molar-refractivity contribution in [3.63, 3.8) is 0 Å². The van der Waals surface area contributed by atoms with Gasteiger partial charge < -0.3 is 5.73 Å². The van der Waals surface area contributed by atoms with E-state index in [0.717, 1.165) is 10.6 Å². The molecule has 19 heavy (non-hydrogen) atoms. The molecule has 0 saturated carbocycles. The van der Waals surface area contributed by atoms with Crippen LogP contribution < -0.4 is 5.73 Å². The largest absolute Gasteiger partial charge is 0.324 e. The Labute approximate surface area is 113 Å². The van der Waals surface area contributed by atoms with Gasteiger partial charge >= 0.3 is 0 Å². The first-order chi connectivity index (χ1) is 8.75. The van der Waals surface area contributed by atoms with Gasteiger partial charge in [0.05, 0.1) is 7.11 Å². The number of nitrogens with zero attached hydrogens (tertiary/aromatic N) is 1. The van der Waals surface area contributed by atoms with Gasteiger partial charge in [-0.15, -0.1) is 0 Å². The lowest BCUT2D eigenvalue weighted by Crippen LogP contribution is -2.29. The molecule has 1 amide bonds. The SMILES string of the molecule is CON(C)C(=O)CC(N)c1cccc(C(C)(C)F)c1. The number of amides is 1. The monoisotopic (exact) mass is 268 g/mol. The molecule has 106 valence electrons. The molecule has 0 aromatic heterocycles. The predicted octanol–water partition coefficient (Wildman–Crippen LogP) is 2.30. The van der Waals surface area contributed by atoms with Crippen LogP contribution >= 0.6 is 0 Å². The van der Waals surface area contributed by atoms with Gasteiger partial charge in [0.25, 0.3) is 0 Å². The summed E-state index contributed by atoms with van der Waals surface area (Å²) >= 11 is 0. The molecular formula is C14H21FN2O2. The van der Waals surface area contributed by atoms with Crippen molar-refractivity contribution in [1.29, 1.82) is 0 Å². The van der Waals surface area contributed by atoms with Gasteiger partial charge in [-0.3, -0.25) is 9.63 Å². The fraction of sp³-hybridized carbons (Fsp3) is 0.500. The minimum absolute atomic E-state index is 0.112. The average molecular weight is 268 g/mol. The van der Waals surface area contributed by atoms with Crippen LogP contribution in [0, 0.1) is 0 Å². The third-order valence-electron chi connectivity index (χ3n) is 3.02. The topological polar surface area (TPSA) is 55.6 Å². The number of carbonyl (C=O) groups excluding carboxylic acids is 1. The molecule has 1 aromatic carbocycles. The molecule has 1 unspecified atom stereocenters. The smallest absolute Gasteiger partial charge is 0.247 e. The van der Waals surface area contributed by atoms with Gasteiger partial charge in [-0.05, 0) is 25.0 Å². The Morgan fingerprint density at radius 3 is 2.68 bits per heavy atom. The van der Waals surface area contributed by atoms with E-state index in [-0.39, 0.29) is 12.3 Å². The van der Waals surface area contributed by atoms with Crippen molar-refractivity contribution in [2.75, 3.05) is 14.2 Å². The highest BCUT2D eigenvalue weighted by Gasteiger charge is 2.21. The first kappa shape index (κ1) is 15.6. The molecule has 0 aliphatic carbocycles. The summed E-state index contributed by atoms with van der Waals surface area (Å²) in [4.78, 5) is 16.5. The zero-order valence-electron chi connectivity index (χ0n) is 11.8. The average Bonchev–Trinajstić information content (AvgIpc) is 2.36. The Morgan fingerprint density at radius 2 is 2.16 bits per heavy atom. The number of benzene rings is 1. The number of alkyl halides is 1. The first-order valence-electron chi connectivity index (χ1n) is 6.11. The molecule has 4 nitrogen and oxygen atoms in total. The Balaban J connectivity index is 2.83. The Morgan fingerprint density at radius 1 is 1.53 bits per heavy atom.